The second-order valence-electron chi connectivity index (χ2n) is 7.07. The number of ether oxygens (including phenoxy) is 1. The van der Waals surface area contributed by atoms with Gasteiger partial charge in [0.05, 0.1) is 12.4 Å². The van der Waals surface area contributed by atoms with E-state index in [1.807, 2.05) is 56.3 Å². The van der Waals surface area contributed by atoms with Gasteiger partial charge in [0.1, 0.15) is 11.4 Å². The molecule has 1 aromatic heterocycles. The summed E-state index contributed by atoms with van der Waals surface area (Å²) in [5.41, 5.74) is 3.79. The summed E-state index contributed by atoms with van der Waals surface area (Å²) >= 11 is 1.29. The zero-order valence-electron chi connectivity index (χ0n) is 17.2. The third kappa shape index (κ3) is 4.95. The number of carbonyl (C=O) groups excluding carboxylic acids is 1. The number of thioether (sulfide) groups is 1. The van der Waals surface area contributed by atoms with E-state index in [4.69, 9.17) is 4.74 Å². The number of aromatic nitrogens is 4. The van der Waals surface area contributed by atoms with Crippen LogP contribution < -0.4 is 10.1 Å². The van der Waals surface area contributed by atoms with Crippen LogP contribution in [0.15, 0.2) is 47.6 Å². The summed E-state index contributed by atoms with van der Waals surface area (Å²) < 4.78 is 7.03. The normalized spacial score (nSPS) is 12.1. The number of nitrogens with one attached hydrogen (secondary N) is 1. The minimum absolute atomic E-state index is 0.113. The van der Waals surface area contributed by atoms with Crippen molar-refractivity contribution in [2.45, 2.75) is 44.0 Å². The third-order valence-corrected chi connectivity index (χ3v) is 5.53. The van der Waals surface area contributed by atoms with Gasteiger partial charge in [-0.15, -0.1) is 5.10 Å². The molecule has 7 nitrogen and oxygen atoms in total. The average molecular weight is 412 g/mol. The van der Waals surface area contributed by atoms with Crippen LogP contribution in [0.5, 0.6) is 5.75 Å². The Morgan fingerprint density at radius 1 is 1.14 bits per heavy atom. The lowest BCUT2D eigenvalue weighted by Gasteiger charge is -2.14. The molecule has 0 saturated carbocycles. The fourth-order valence-electron chi connectivity index (χ4n) is 2.78. The first-order valence-corrected chi connectivity index (χ1v) is 10.3. The Morgan fingerprint density at radius 2 is 1.86 bits per heavy atom. The molecule has 1 amide bonds. The summed E-state index contributed by atoms with van der Waals surface area (Å²) in [6, 6.07) is 13.7. The van der Waals surface area contributed by atoms with Crippen LogP contribution in [0.1, 0.15) is 37.8 Å². The maximum atomic E-state index is 12.6. The summed E-state index contributed by atoms with van der Waals surface area (Å²) in [7, 11) is 1.60. The Hall–Kier alpha value is -2.87. The number of benzene rings is 2. The van der Waals surface area contributed by atoms with Crippen LogP contribution >= 0.6 is 11.8 Å². The molecule has 0 radical (unpaired) electrons. The highest BCUT2D eigenvalue weighted by Crippen LogP contribution is 2.29. The molecule has 1 atom stereocenters. The number of rotatable bonds is 7. The van der Waals surface area contributed by atoms with Crippen molar-refractivity contribution >= 4 is 23.4 Å². The van der Waals surface area contributed by atoms with Gasteiger partial charge in [0.2, 0.25) is 11.1 Å². The van der Waals surface area contributed by atoms with E-state index in [1.54, 1.807) is 11.8 Å². The molecule has 0 bridgehead atoms. The molecule has 0 fully saturated rings. The van der Waals surface area contributed by atoms with Gasteiger partial charge in [0.15, 0.2) is 0 Å². The Bertz CT molecular complexity index is 985. The minimum Gasteiger partial charge on any atom is -0.494 e. The number of tetrazole rings is 1. The van der Waals surface area contributed by atoms with Crippen LogP contribution in [0.25, 0.3) is 5.69 Å². The van der Waals surface area contributed by atoms with Crippen LogP contribution in [0.3, 0.4) is 0 Å². The van der Waals surface area contributed by atoms with Gasteiger partial charge >= 0.3 is 0 Å². The van der Waals surface area contributed by atoms with E-state index >= 15 is 0 Å². The fourth-order valence-corrected chi connectivity index (χ4v) is 3.58. The Kier molecular flexibility index (Phi) is 6.53. The van der Waals surface area contributed by atoms with Gasteiger partial charge in [0, 0.05) is 5.69 Å². The SMILES string of the molecule is COc1ccc(C)cc1-n1nnnc1S[C@@H](C)C(=O)Nc1ccc(C(C)C)cc1. The van der Waals surface area contributed by atoms with E-state index in [2.05, 4.69) is 34.7 Å². The number of carbonyl (C=O) groups is 1. The lowest BCUT2D eigenvalue weighted by atomic mass is 10.0. The molecule has 1 heterocycles. The number of hydrogen-bond acceptors (Lipinski definition) is 6. The first-order chi connectivity index (χ1) is 13.9. The summed E-state index contributed by atoms with van der Waals surface area (Å²) in [6.07, 6.45) is 0. The highest BCUT2D eigenvalue weighted by atomic mass is 32.2. The smallest absolute Gasteiger partial charge is 0.237 e. The van der Waals surface area contributed by atoms with E-state index in [1.165, 1.54) is 17.3 Å². The van der Waals surface area contributed by atoms with Crippen LogP contribution in [0.2, 0.25) is 0 Å². The Morgan fingerprint density at radius 3 is 2.52 bits per heavy atom. The minimum atomic E-state index is -0.389. The van der Waals surface area contributed by atoms with Crippen LogP contribution in [-0.2, 0) is 4.79 Å². The summed E-state index contributed by atoms with van der Waals surface area (Å²) in [5.74, 6) is 0.997. The molecule has 152 valence electrons. The topological polar surface area (TPSA) is 81.9 Å². The summed E-state index contributed by atoms with van der Waals surface area (Å²) in [5, 5.41) is 15.0. The van der Waals surface area contributed by atoms with Crippen LogP contribution in [0.4, 0.5) is 5.69 Å². The number of amides is 1. The maximum absolute atomic E-state index is 12.6. The van der Waals surface area contributed by atoms with Crippen molar-refractivity contribution in [3.63, 3.8) is 0 Å². The molecule has 0 saturated heterocycles. The van der Waals surface area contributed by atoms with Crippen molar-refractivity contribution in [2.24, 2.45) is 0 Å². The van der Waals surface area contributed by atoms with E-state index in [0.717, 1.165) is 16.9 Å². The molecule has 3 aromatic rings. The first-order valence-electron chi connectivity index (χ1n) is 9.40. The van der Waals surface area contributed by atoms with Gasteiger partial charge in [-0.2, -0.15) is 4.68 Å². The average Bonchev–Trinajstić information content (AvgIpc) is 3.16. The van der Waals surface area contributed by atoms with E-state index in [0.29, 0.717) is 16.8 Å². The quantitative estimate of drug-likeness (QED) is 0.586. The summed E-state index contributed by atoms with van der Waals surface area (Å²) in [4.78, 5) is 12.6. The second kappa shape index (κ2) is 9.09. The highest BCUT2D eigenvalue weighted by molar-refractivity contribution is 8.00. The van der Waals surface area contributed by atoms with Gasteiger partial charge < -0.3 is 10.1 Å². The molecular weight excluding hydrogens is 386 g/mol. The molecule has 0 aliphatic rings. The maximum Gasteiger partial charge on any atom is 0.237 e. The molecule has 0 aliphatic carbocycles. The van der Waals surface area contributed by atoms with E-state index in [9.17, 15) is 4.79 Å². The third-order valence-electron chi connectivity index (χ3n) is 4.50. The lowest BCUT2D eigenvalue weighted by molar-refractivity contribution is -0.115. The molecule has 29 heavy (non-hydrogen) atoms. The van der Waals surface area contributed by atoms with Gasteiger partial charge in [-0.3, -0.25) is 4.79 Å². The number of anilines is 1. The van der Waals surface area contributed by atoms with E-state index in [-0.39, 0.29) is 11.2 Å². The van der Waals surface area contributed by atoms with Crippen molar-refractivity contribution in [3.8, 4) is 11.4 Å². The highest BCUT2D eigenvalue weighted by Gasteiger charge is 2.21. The molecule has 0 aliphatic heterocycles. The Balaban J connectivity index is 1.73. The predicted octanol–water partition coefficient (Wildman–Crippen LogP) is 4.22. The molecule has 0 spiro atoms. The van der Waals surface area contributed by atoms with Gasteiger partial charge in [-0.1, -0.05) is 43.8 Å². The van der Waals surface area contributed by atoms with Gasteiger partial charge in [-0.05, 0) is 65.6 Å². The summed E-state index contributed by atoms with van der Waals surface area (Å²) in [6.45, 7) is 8.09. The van der Waals surface area contributed by atoms with Crippen LogP contribution in [-0.4, -0.2) is 38.5 Å². The van der Waals surface area contributed by atoms with Crippen LogP contribution in [0, 0.1) is 6.92 Å². The van der Waals surface area contributed by atoms with Crippen molar-refractivity contribution in [1.82, 2.24) is 20.2 Å². The number of methoxy groups -OCH3 is 1. The zero-order valence-corrected chi connectivity index (χ0v) is 18.0. The molecule has 3 rings (SSSR count). The monoisotopic (exact) mass is 411 g/mol. The standard InChI is InChI=1S/C21H25N5O2S/c1-13(2)16-7-9-17(10-8-16)22-20(27)15(4)29-21-23-24-25-26(21)18-12-14(3)6-11-19(18)28-5/h6-13,15H,1-5H3,(H,22,27)/t15-/m0/s1. The molecule has 0 unspecified atom stereocenters. The van der Waals surface area contributed by atoms with Gasteiger partial charge in [0.25, 0.3) is 0 Å². The van der Waals surface area contributed by atoms with Crippen molar-refractivity contribution in [2.75, 3.05) is 12.4 Å². The molecular formula is C21H25N5O2S. The van der Waals surface area contributed by atoms with Crippen molar-refractivity contribution < 1.29 is 9.53 Å². The van der Waals surface area contributed by atoms with Crippen molar-refractivity contribution in [3.05, 3.63) is 53.6 Å². The number of nitrogens with zero attached hydrogens (tertiary/aromatic N) is 4. The fraction of sp³-hybridized carbons (Fsp3) is 0.333. The molecule has 1 N–H and O–H groups in total. The molecule has 2 aromatic carbocycles. The van der Waals surface area contributed by atoms with E-state index < -0.39 is 0 Å². The predicted molar refractivity (Wildman–Crippen MR) is 115 cm³/mol. The lowest BCUT2D eigenvalue weighted by Crippen LogP contribution is -2.23. The number of hydrogen-bond donors (Lipinski definition) is 1. The van der Waals surface area contributed by atoms with Crippen molar-refractivity contribution in [1.29, 1.82) is 0 Å². The number of aryl methyl sites for hydroxylation is 1. The largest absolute Gasteiger partial charge is 0.494 e. The zero-order chi connectivity index (χ0) is 21.0. The van der Waals surface area contributed by atoms with Gasteiger partial charge in [-0.25, -0.2) is 0 Å². The second-order valence-corrected chi connectivity index (χ2v) is 8.38. The molecule has 8 heteroatoms. The Labute approximate surface area is 174 Å². The first kappa shape index (κ1) is 20.9.